The van der Waals surface area contributed by atoms with Crippen molar-refractivity contribution in [3.63, 3.8) is 0 Å². The first-order valence-electron chi connectivity index (χ1n) is 10.3. The Morgan fingerprint density at radius 1 is 1.14 bits per heavy atom. The number of anilines is 1. The van der Waals surface area contributed by atoms with Gasteiger partial charge in [0, 0.05) is 12.6 Å². The van der Waals surface area contributed by atoms with Gasteiger partial charge < -0.3 is 15.5 Å². The summed E-state index contributed by atoms with van der Waals surface area (Å²) in [6.45, 7) is 12.7. The van der Waals surface area contributed by atoms with E-state index < -0.39 is 0 Å². The number of likely N-dealkylation sites (tertiary alicyclic amines) is 1. The first-order chi connectivity index (χ1) is 13.4. The van der Waals surface area contributed by atoms with E-state index in [4.69, 9.17) is 17.3 Å². The Labute approximate surface area is 174 Å². The predicted molar refractivity (Wildman–Crippen MR) is 121 cm³/mol. The Balaban J connectivity index is 1.59. The molecule has 1 fully saturated rings. The highest BCUT2D eigenvalue weighted by Crippen LogP contribution is 2.21. The number of aromatic nitrogens is 2. The maximum Gasteiger partial charge on any atom is 0.171 e. The van der Waals surface area contributed by atoms with Gasteiger partial charge in [0.05, 0.1) is 23.6 Å². The van der Waals surface area contributed by atoms with Crippen LogP contribution in [0.15, 0.2) is 24.3 Å². The Hall–Kier alpha value is -1.92. The molecule has 1 aromatic carbocycles. The molecule has 2 N–H and O–H groups in total. The van der Waals surface area contributed by atoms with Gasteiger partial charge in [-0.05, 0) is 77.0 Å². The van der Waals surface area contributed by atoms with Crippen molar-refractivity contribution < 1.29 is 0 Å². The minimum atomic E-state index is 0.320. The van der Waals surface area contributed by atoms with E-state index >= 15 is 0 Å². The summed E-state index contributed by atoms with van der Waals surface area (Å²) < 4.78 is 2.06. The van der Waals surface area contributed by atoms with Crippen molar-refractivity contribution in [3.05, 3.63) is 46.8 Å². The smallest absolute Gasteiger partial charge is 0.171 e. The summed E-state index contributed by atoms with van der Waals surface area (Å²) >= 11 is 5.58. The molecule has 28 heavy (non-hydrogen) atoms. The predicted octanol–water partition coefficient (Wildman–Crippen LogP) is 4.02. The van der Waals surface area contributed by atoms with E-state index in [1.165, 1.54) is 43.5 Å². The number of aryl methyl sites for hydroxylation is 2. The first kappa shape index (κ1) is 20.8. The van der Waals surface area contributed by atoms with Crippen molar-refractivity contribution in [2.75, 3.05) is 25.0 Å². The summed E-state index contributed by atoms with van der Waals surface area (Å²) in [6, 6.07) is 8.77. The Morgan fingerprint density at radius 2 is 1.86 bits per heavy atom. The second-order valence-electron chi connectivity index (χ2n) is 7.99. The number of rotatable bonds is 6. The lowest BCUT2D eigenvalue weighted by atomic mass is 10.1. The third-order valence-corrected chi connectivity index (χ3v) is 5.78. The average Bonchev–Trinajstić information content (AvgIpc) is 2.91. The SMILES string of the molecule is Cc1ccccc1Cn1nc(C)c(NC(=S)N[C@H](C)CN2CCCCC2)c1C. The summed E-state index contributed by atoms with van der Waals surface area (Å²) in [6.07, 6.45) is 3.99. The minimum Gasteiger partial charge on any atom is -0.359 e. The van der Waals surface area contributed by atoms with Gasteiger partial charge in [-0.1, -0.05) is 30.7 Å². The highest BCUT2D eigenvalue weighted by atomic mass is 32.1. The van der Waals surface area contributed by atoms with Crippen molar-refractivity contribution in [1.29, 1.82) is 0 Å². The molecular weight excluding hydrogens is 366 g/mol. The molecule has 0 unspecified atom stereocenters. The summed E-state index contributed by atoms with van der Waals surface area (Å²) in [7, 11) is 0. The molecule has 1 aliphatic rings. The highest BCUT2D eigenvalue weighted by molar-refractivity contribution is 7.80. The van der Waals surface area contributed by atoms with Crippen molar-refractivity contribution in [2.45, 2.75) is 59.5 Å². The van der Waals surface area contributed by atoms with Crippen molar-refractivity contribution in [2.24, 2.45) is 0 Å². The number of hydrogen-bond acceptors (Lipinski definition) is 3. The standard InChI is InChI=1S/C22H33N5S/c1-16-10-6-7-11-20(16)15-27-19(4)21(18(3)25-27)24-22(28)23-17(2)14-26-12-8-5-9-13-26/h6-7,10-11,17H,5,8-9,12-15H2,1-4H3,(H2,23,24,28)/t17-/m1/s1. The van der Waals surface area contributed by atoms with Crippen LogP contribution in [0.5, 0.6) is 0 Å². The van der Waals surface area contributed by atoms with E-state index in [2.05, 4.69) is 65.3 Å². The van der Waals surface area contributed by atoms with Gasteiger partial charge >= 0.3 is 0 Å². The lowest BCUT2D eigenvalue weighted by molar-refractivity contribution is 0.215. The number of piperidine rings is 1. The molecule has 0 aliphatic carbocycles. The Kier molecular flexibility index (Phi) is 7.08. The lowest BCUT2D eigenvalue weighted by Crippen LogP contribution is -2.45. The monoisotopic (exact) mass is 399 g/mol. The van der Waals surface area contributed by atoms with Gasteiger partial charge in [-0.3, -0.25) is 4.68 Å². The van der Waals surface area contributed by atoms with E-state index in [1.54, 1.807) is 0 Å². The average molecular weight is 400 g/mol. The lowest BCUT2D eigenvalue weighted by Gasteiger charge is -2.29. The van der Waals surface area contributed by atoms with Crippen LogP contribution in [0.25, 0.3) is 0 Å². The first-order valence-corrected chi connectivity index (χ1v) is 10.7. The third kappa shape index (κ3) is 5.32. The van der Waals surface area contributed by atoms with Crippen LogP contribution in [0.3, 0.4) is 0 Å². The normalized spacial score (nSPS) is 16.0. The molecule has 1 saturated heterocycles. The molecule has 0 saturated carbocycles. The molecule has 2 aromatic rings. The maximum atomic E-state index is 5.58. The topological polar surface area (TPSA) is 45.1 Å². The molecule has 0 bridgehead atoms. The summed E-state index contributed by atoms with van der Waals surface area (Å²) in [5.41, 5.74) is 5.66. The van der Waals surface area contributed by atoms with Crippen LogP contribution >= 0.6 is 12.2 Å². The fourth-order valence-corrected chi connectivity index (χ4v) is 4.23. The number of nitrogens with zero attached hydrogens (tertiary/aromatic N) is 3. The molecule has 0 spiro atoms. The molecule has 6 heteroatoms. The highest BCUT2D eigenvalue weighted by Gasteiger charge is 2.16. The minimum absolute atomic E-state index is 0.320. The number of thiocarbonyl (C=S) groups is 1. The van der Waals surface area contributed by atoms with Gasteiger partial charge in [0.25, 0.3) is 0 Å². The molecule has 3 rings (SSSR count). The fraction of sp³-hybridized carbons (Fsp3) is 0.545. The van der Waals surface area contributed by atoms with E-state index in [9.17, 15) is 0 Å². The van der Waals surface area contributed by atoms with Gasteiger partial charge in [0.15, 0.2) is 5.11 Å². The zero-order valence-electron chi connectivity index (χ0n) is 17.6. The van der Waals surface area contributed by atoms with Crippen LogP contribution in [-0.2, 0) is 6.54 Å². The fourth-order valence-electron chi connectivity index (χ4n) is 3.93. The van der Waals surface area contributed by atoms with Crippen molar-refractivity contribution in [1.82, 2.24) is 20.0 Å². The van der Waals surface area contributed by atoms with Crippen LogP contribution in [0.1, 0.15) is 48.7 Å². The van der Waals surface area contributed by atoms with Crippen LogP contribution in [0, 0.1) is 20.8 Å². The van der Waals surface area contributed by atoms with Gasteiger partial charge in [-0.15, -0.1) is 0 Å². The van der Waals surface area contributed by atoms with E-state index in [0.717, 1.165) is 30.2 Å². The Bertz CT molecular complexity index is 807. The molecule has 1 aromatic heterocycles. The maximum absolute atomic E-state index is 5.58. The molecule has 152 valence electrons. The van der Waals surface area contributed by atoms with E-state index in [-0.39, 0.29) is 0 Å². The van der Waals surface area contributed by atoms with Gasteiger partial charge in [0.1, 0.15) is 0 Å². The molecule has 0 amide bonds. The van der Waals surface area contributed by atoms with Crippen molar-refractivity contribution >= 4 is 23.0 Å². The second kappa shape index (κ2) is 9.52. The van der Waals surface area contributed by atoms with Gasteiger partial charge in [0.2, 0.25) is 0 Å². The summed E-state index contributed by atoms with van der Waals surface area (Å²) in [4.78, 5) is 2.53. The molecular formula is C22H33N5S. The third-order valence-electron chi connectivity index (χ3n) is 5.56. The zero-order valence-corrected chi connectivity index (χ0v) is 18.4. The van der Waals surface area contributed by atoms with Gasteiger partial charge in [-0.25, -0.2) is 0 Å². The Morgan fingerprint density at radius 3 is 2.57 bits per heavy atom. The number of nitrogens with one attached hydrogen (secondary N) is 2. The van der Waals surface area contributed by atoms with Crippen LogP contribution in [0.4, 0.5) is 5.69 Å². The van der Waals surface area contributed by atoms with E-state index in [1.807, 2.05) is 6.92 Å². The van der Waals surface area contributed by atoms with Crippen LogP contribution in [0.2, 0.25) is 0 Å². The van der Waals surface area contributed by atoms with Crippen LogP contribution in [-0.4, -0.2) is 45.5 Å². The quantitative estimate of drug-likeness (QED) is 0.719. The molecule has 2 heterocycles. The molecule has 0 radical (unpaired) electrons. The molecule has 1 aliphatic heterocycles. The van der Waals surface area contributed by atoms with Crippen LogP contribution < -0.4 is 10.6 Å². The van der Waals surface area contributed by atoms with E-state index in [0.29, 0.717) is 11.2 Å². The largest absolute Gasteiger partial charge is 0.359 e. The second-order valence-corrected chi connectivity index (χ2v) is 8.40. The number of benzene rings is 1. The van der Waals surface area contributed by atoms with Gasteiger partial charge in [-0.2, -0.15) is 5.10 Å². The zero-order chi connectivity index (χ0) is 20.1. The number of hydrogen-bond donors (Lipinski definition) is 2. The van der Waals surface area contributed by atoms with Crippen molar-refractivity contribution in [3.8, 4) is 0 Å². The summed E-state index contributed by atoms with van der Waals surface area (Å²) in [5.74, 6) is 0. The molecule has 5 nitrogen and oxygen atoms in total. The molecule has 1 atom stereocenters. The summed E-state index contributed by atoms with van der Waals surface area (Å²) in [5, 5.41) is 12.2.